The van der Waals surface area contributed by atoms with Gasteiger partial charge in [0.05, 0.1) is 45.4 Å². The Hall–Kier alpha value is -12.4. The maximum absolute atomic E-state index is 12.9. The van der Waals surface area contributed by atoms with Gasteiger partial charge >= 0.3 is 6.18 Å². The number of carbonyl (C=O) groups excluding carboxylic acids is 4. The van der Waals surface area contributed by atoms with Crippen LogP contribution in [-0.4, -0.2) is 135 Å². The number of aliphatic hydroxyl groups is 3. The molecule has 10 N–H and O–H groups in total. The summed E-state index contributed by atoms with van der Waals surface area (Å²) in [5, 5.41) is 66.2. The van der Waals surface area contributed by atoms with E-state index in [1.165, 1.54) is 18.2 Å². The molecule has 0 saturated carbocycles. The number of alkyl halides is 3. The van der Waals surface area contributed by atoms with Crippen molar-refractivity contribution in [2.75, 3.05) is 26.4 Å². The molecule has 5 aromatic heterocycles. The molecule has 4 amide bonds. The van der Waals surface area contributed by atoms with E-state index in [9.17, 15) is 58.2 Å². The molecule has 11 aromatic rings. The zero-order chi connectivity index (χ0) is 82.0. The summed E-state index contributed by atoms with van der Waals surface area (Å²) in [4.78, 5) is 63.5. The number of fused-ring (bicyclic) bond motifs is 2. The first kappa shape index (κ1) is 84.6. The van der Waals surface area contributed by atoms with Crippen molar-refractivity contribution >= 4 is 52.2 Å². The molecule has 5 heterocycles. The lowest BCUT2D eigenvalue weighted by molar-refractivity contribution is -0.189. The van der Waals surface area contributed by atoms with E-state index in [4.69, 9.17) is 52.5 Å². The van der Waals surface area contributed by atoms with Gasteiger partial charge in [0.15, 0.2) is 11.9 Å². The number of aliphatic hydroxyl groups excluding tert-OH is 3. The fourth-order valence-corrected chi connectivity index (χ4v) is 13.3. The molecule has 113 heavy (non-hydrogen) atoms. The number of nitrogens with one attached hydrogen (secondary N) is 2. The van der Waals surface area contributed by atoms with E-state index < -0.39 is 54.5 Å². The average Bonchev–Trinajstić information content (AvgIpc) is 1.01. The maximum Gasteiger partial charge on any atom is 0.425 e. The highest BCUT2D eigenvalue weighted by molar-refractivity contribution is 6.33. The van der Waals surface area contributed by atoms with Gasteiger partial charge in [-0.05, 0) is 187 Å². The minimum absolute atomic E-state index is 0.0744. The highest BCUT2D eigenvalue weighted by atomic mass is 35.5. The number of hydrogen-bond donors (Lipinski definition) is 8. The van der Waals surface area contributed by atoms with Crippen LogP contribution in [-0.2, 0) is 31.1 Å². The van der Waals surface area contributed by atoms with Crippen LogP contribution in [0.4, 0.5) is 13.2 Å². The van der Waals surface area contributed by atoms with Gasteiger partial charge in [-0.25, -0.2) is 15.0 Å². The molecule has 0 aliphatic rings. The van der Waals surface area contributed by atoms with Gasteiger partial charge in [0.25, 0.3) is 5.91 Å². The van der Waals surface area contributed by atoms with E-state index in [-0.39, 0.29) is 72.3 Å². The van der Waals surface area contributed by atoms with Crippen LogP contribution >= 0.6 is 11.6 Å². The number of hydrogen-bond acceptors (Lipinski definition) is 17. The number of primary amides is 2. The number of benzene rings is 6. The van der Waals surface area contributed by atoms with Gasteiger partial charge in [-0.1, -0.05) is 102 Å². The van der Waals surface area contributed by atoms with Crippen LogP contribution in [0.1, 0.15) is 153 Å². The average molecular weight is 1560 g/mol. The molecule has 0 saturated heterocycles. The molecule has 0 spiro atoms. The zero-order valence-electron chi connectivity index (χ0n) is 63.8. The highest BCUT2D eigenvalue weighted by Gasteiger charge is 2.39. The molecule has 0 aliphatic carbocycles. The SMILES string of the molecule is CC(=NO)c1nc(-c2ccc(CC(CCO)c3c(C(N)=O)ccc(OC(C)C)c3Cl)cc2)cn1C.Cc1cccn2cc(-c3ccc(CC(CCO)NC(=O)c4ccc(OC(C)C(F)(F)F)c(C#N)c4)cc3)nc12.Cc1cccn2cc(-c3ccc(CC(CNC(=O)CO)c4c(C(N)=O)ccc(OC(C)C)c4C#N)cc3)nc12. The first-order valence-electron chi connectivity index (χ1n) is 36.3. The van der Waals surface area contributed by atoms with E-state index in [0.717, 1.165) is 79.8 Å². The molecule has 11 rings (SSSR count). The first-order valence-corrected chi connectivity index (χ1v) is 36.7. The van der Waals surface area contributed by atoms with Crippen molar-refractivity contribution in [2.45, 2.75) is 130 Å². The molecule has 28 heteroatoms. The second-order valence-corrected chi connectivity index (χ2v) is 28.0. The van der Waals surface area contributed by atoms with Crippen LogP contribution < -0.4 is 36.3 Å². The quantitative estimate of drug-likeness (QED) is 0.0123. The first-order chi connectivity index (χ1) is 53.9. The van der Waals surface area contributed by atoms with Crippen LogP contribution in [0.25, 0.3) is 45.1 Å². The minimum Gasteiger partial charge on any atom is -0.490 e. The van der Waals surface area contributed by atoms with E-state index in [0.29, 0.717) is 70.4 Å². The molecule has 4 unspecified atom stereocenters. The summed E-state index contributed by atoms with van der Waals surface area (Å²) in [6.45, 7) is 13.2. The Balaban J connectivity index is 0.000000195. The largest absolute Gasteiger partial charge is 0.490 e. The normalized spacial score (nSPS) is 12.5. The fraction of sp³-hybridized carbons (Fsp3) is 0.294. The van der Waals surface area contributed by atoms with Crippen LogP contribution in [0.2, 0.25) is 5.02 Å². The number of pyridine rings is 2. The second kappa shape index (κ2) is 38.5. The van der Waals surface area contributed by atoms with Crippen molar-refractivity contribution in [1.82, 2.24) is 39.0 Å². The Labute approximate surface area is 656 Å². The number of nitrogens with zero attached hydrogens (tertiary/aromatic N) is 9. The standard InChI is InChI=1S/C30H31N5O4.C29H27F3N4O3.C26H31ClN4O4/c1-18(2)39-26-11-10-23(29(32)38)28(24(26)14-31)22(15-33-27(37)17-36)13-20-6-8-21(9-7-20)25-16-35-12-4-5-19(3)30(35)34-25;1-18-4-3-12-36-17-25(35-27(18)36)21-7-5-20(6-8-21)14-24(11-13-37)34-28(38)22-9-10-26(23(15-22)16-33)39-19(2)29(30,31)32;1-15(2)35-22-10-9-20(25(28)33)23(24(22)27)19(11-12-32)13-17-5-7-18(8-6-17)21-14-31(4)26(29-21)16(3)30-34/h4-12,16,18,22,36H,13,15,17H2,1-3H3,(H2,32,38)(H,33,37);3-10,12,15,17,19,24,37H,11,13-14H2,1-2H3,(H,34,38);5-10,14-15,19,32,34H,11-13H2,1-4H3,(H2,28,33). The van der Waals surface area contributed by atoms with Crippen LogP contribution in [0, 0.1) is 36.5 Å². The number of carbonyl (C=O) groups is 4. The minimum atomic E-state index is -4.59. The monoisotopic (exact) mass is 1560 g/mol. The van der Waals surface area contributed by atoms with Gasteiger partial charge in [0.2, 0.25) is 17.7 Å². The van der Waals surface area contributed by atoms with Gasteiger partial charge in [0.1, 0.15) is 53.0 Å². The molecular formula is C85H89ClF3N13O11. The molecule has 6 aromatic carbocycles. The van der Waals surface area contributed by atoms with E-state index in [1.807, 2.05) is 185 Å². The molecule has 0 fully saturated rings. The van der Waals surface area contributed by atoms with E-state index in [2.05, 4.69) is 26.8 Å². The fourth-order valence-electron chi connectivity index (χ4n) is 12.9. The number of halogens is 4. The molecule has 0 bridgehead atoms. The number of rotatable bonds is 29. The van der Waals surface area contributed by atoms with Gasteiger partial charge < -0.3 is 70.2 Å². The van der Waals surface area contributed by atoms with Gasteiger partial charge in [-0.15, -0.1) is 0 Å². The molecule has 4 atom stereocenters. The lowest BCUT2D eigenvalue weighted by Gasteiger charge is -2.24. The number of amides is 4. The van der Waals surface area contributed by atoms with Gasteiger partial charge in [-0.2, -0.15) is 23.7 Å². The highest BCUT2D eigenvalue weighted by Crippen LogP contribution is 2.40. The Morgan fingerprint density at radius 3 is 1.58 bits per heavy atom. The molecular weight excluding hydrogens is 1470 g/mol. The number of aromatic nitrogens is 6. The van der Waals surface area contributed by atoms with Gasteiger partial charge in [-0.3, -0.25) is 19.2 Å². The molecule has 0 aliphatic heterocycles. The van der Waals surface area contributed by atoms with E-state index in [1.54, 1.807) is 41.8 Å². The summed E-state index contributed by atoms with van der Waals surface area (Å²) in [6.07, 6.45) is 4.75. The van der Waals surface area contributed by atoms with Crippen LogP contribution in [0.5, 0.6) is 17.2 Å². The smallest absolute Gasteiger partial charge is 0.425 e. The number of oxime groups is 1. The number of nitriles is 2. The molecule has 0 radical (unpaired) electrons. The summed E-state index contributed by atoms with van der Waals surface area (Å²) in [5.74, 6) is -1.96. The second-order valence-electron chi connectivity index (χ2n) is 27.6. The number of ether oxygens (including phenoxy) is 3. The van der Waals surface area contributed by atoms with Crippen LogP contribution in [0.3, 0.4) is 0 Å². The summed E-state index contributed by atoms with van der Waals surface area (Å²) >= 11 is 6.71. The zero-order valence-corrected chi connectivity index (χ0v) is 64.6. The Kier molecular flexibility index (Phi) is 28.8. The summed E-state index contributed by atoms with van der Waals surface area (Å²) in [7, 11) is 1.84. The Morgan fingerprint density at radius 2 is 1.11 bits per heavy atom. The topological polar surface area (TPSA) is 365 Å². The third-order valence-corrected chi connectivity index (χ3v) is 18.9. The summed E-state index contributed by atoms with van der Waals surface area (Å²) < 4.78 is 60.8. The molecule has 24 nitrogen and oxygen atoms in total. The molecule has 588 valence electrons. The van der Waals surface area contributed by atoms with Crippen molar-refractivity contribution < 1.29 is 67.1 Å². The lowest BCUT2D eigenvalue weighted by atomic mass is 9.84. The van der Waals surface area contributed by atoms with Crippen LogP contribution in [0.15, 0.2) is 176 Å². The predicted octanol–water partition coefficient (Wildman–Crippen LogP) is 13.3. The number of aryl methyl sites for hydroxylation is 3. The van der Waals surface area contributed by atoms with Crippen molar-refractivity contribution in [3.63, 3.8) is 0 Å². The van der Waals surface area contributed by atoms with Crippen molar-refractivity contribution in [2.24, 2.45) is 23.7 Å². The predicted molar refractivity (Wildman–Crippen MR) is 423 cm³/mol. The summed E-state index contributed by atoms with van der Waals surface area (Å²) in [6, 6.07) is 45.0. The number of nitrogens with two attached hydrogens (primary N) is 2. The Bertz CT molecular complexity index is 5320. The third kappa shape index (κ3) is 21.6. The number of imidazole rings is 3. The van der Waals surface area contributed by atoms with E-state index >= 15 is 0 Å². The summed E-state index contributed by atoms with van der Waals surface area (Å²) in [5.41, 5.74) is 25.4. The lowest BCUT2D eigenvalue weighted by Crippen LogP contribution is -2.37. The van der Waals surface area contributed by atoms with Crippen molar-refractivity contribution in [3.8, 4) is 63.2 Å². The third-order valence-electron chi connectivity index (χ3n) is 18.5. The Morgan fingerprint density at radius 1 is 0.619 bits per heavy atom. The van der Waals surface area contributed by atoms with Crippen molar-refractivity contribution in [1.29, 1.82) is 10.5 Å². The maximum atomic E-state index is 12.9. The van der Waals surface area contributed by atoms with Gasteiger partial charge in [0, 0.05) is 103 Å². The van der Waals surface area contributed by atoms with Crippen molar-refractivity contribution in [3.05, 3.63) is 248 Å².